The van der Waals surface area contributed by atoms with Crippen LogP contribution in [-0.2, 0) is 6.54 Å². The lowest BCUT2D eigenvalue weighted by Crippen LogP contribution is -2.18. The molecule has 2 heterocycles. The van der Waals surface area contributed by atoms with Gasteiger partial charge in [0, 0.05) is 11.6 Å². The standard InChI is InChI=1S/C9H9F3N4O/c1-17-7-6-5(2-14-8(7)13)3-15-16(6)4-9(10,11)12/h2-3H,4H2,1H3,(H2,13,14). The molecule has 0 bridgehead atoms. The lowest BCUT2D eigenvalue weighted by Gasteiger charge is -2.10. The number of anilines is 1. The number of hydrogen-bond donors (Lipinski definition) is 1. The zero-order chi connectivity index (χ0) is 12.6. The van der Waals surface area contributed by atoms with Crippen LogP contribution in [0, 0.1) is 0 Å². The molecule has 8 heteroatoms. The Kier molecular flexibility index (Phi) is 2.56. The summed E-state index contributed by atoms with van der Waals surface area (Å²) in [6, 6.07) is 0. The molecule has 0 atom stereocenters. The Hall–Kier alpha value is -1.99. The van der Waals surface area contributed by atoms with Gasteiger partial charge in [-0.1, -0.05) is 0 Å². The van der Waals surface area contributed by atoms with Crippen molar-refractivity contribution in [2.45, 2.75) is 12.7 Å². The average molecular weight is 246 g/mol. The molecule has 0 aliphatic carbocycles. The number of nitrogen functional groups attached to an aromatic ring is 1. The number of halogens is 3. The second-order valence-electron chi connectivity index (χ2n) is 3.40. The third-order valence-corrected chi connectivity index (χ3v) is 2.19. The first-order chi connectivity index (χ1) is 7.92. The number of aromatic nitrogens is 3. The largest absolute Gasteiger partial charge is 0.491 e. The Morgan fingerprint density at radius 3 is 2.71 bits per heavy atom. The molecule has 0 amide bonds. The smallest absolute Gasteiger partial charge is 0.408 e. The van der Waals surface area contributed by atoms with E-state index in [1.807, 2.05) is 0 Å². The van der Waals surface area contributed by atoms with E-state index >= 15 is 0 Å². The fourth-order valence-electron chi connectivity index (χ4n) is 1.55. The first kappa shape index (κ1) is 11.5. The third kappa shape index (κ3) is 2.10. The lowest BCUT2D eigenvalue weighted by atomic mass is 10.3. The van der Waals surface area contributed by atoms with Crippen molar-refractivity contribution in [2.24, 2.45) is 0 Å². The van der Waals surface area contributed by atoms with Crippen LogP contribution in [0.25, 0.3) is 10.9 Å². The second-order valence-corrected chi connectivity index (χ2v) is 3.40. The van der Waals surface area contributed by atoms with Gasteiger partial charge in [-0.3, -0.25) is 4.68 Å². The number of rotatable bonds is 2. The Morgan fingerprint density at radius 2 is 2.12 bits per heavy atom. The van der Waals surface area contributed by atoms with E-state index in [0.717, 1.165) is 4.68 Å². The molecule has 0 spiro atoms. The SMILES string of the molecule is COc1c(N)ncc2cnn(CC(F)(F)F)c12. The minimum Gasteiger partial charge on any atom is -0.491 e. The van der Waals surface area contributed by atoms with Crippen molar-refractivity contribution in [3.05, 3.63) is 12.4 Å². The molecule has 0 fully saturated rings. The fraction of sp³-hybridized carbons (Fsp3) is 0.333. The van der Waals surface area contributed by atoms with E-state index < -0.39 is 12.7 Å². The molecule has 0 saturated heterocycles. The number of alkyl halides is 3. The van der Waals surface area contributed by atoms with E-state index in [2.05, 4.69) is 10.1 Å². The average Bonchev–Trinajstić information content (AvgIpc) is 2.59. The van der Waals surface area contributed by atoms with Gasteiger partial charge in [-0.05, 0) is 0 Å². The van der Waals surface area contributed by atoms with Gasteiger partial charge < -0.3 is 10.5 Å². The van der Waals surface area contributed by atoms with E-state index in [0.29, 0.717) is 5.39 Å². The zero-order valence-electron chi connectivity index (χ0n) is 8.82. The van der Waals surface area contributed by atoms with Gasteiger partial charge in [0.15, 0.2) is 11.6 Å². The highest BCUT2D eigenvalue weighted by molar-refractivity contribution is 5.87. The van der Waals surface area contributed by atoms with Crippen LogP contribution in [0.15, 0.2) is 12.4 Å². The number of fused-ring (bicyclic) bond motifs is 1. The molecule has 0 aliphatic heterocycles. The maximum Gasteiger partial charge on any atom is 0.408 e. The maximum absolute atomic E-state index is 12.3. The van der Waals surface area contributed by atoms with Gasteiger partial charge in [-0.25, -0.2) is 4.98 Å². The van der Waals surface area contributed by atoms with Crippen molar-refractivity contribution >= 4 is 16.7 Å². The molecular weight excluding hydrogens is 237 g/mol. The van der Waals surface area contributed by atoms with Crippen molar-refractivity contribution in [1.29, 1.82) is 0 Å². The summed E-state index contributed by atoms with van der Waals surface area (Å²) in [6.07, 6.45) is -1.72. The van der Waals surface area contributed by atoms with Crippen LogP contribution in [0.1, 0.15) is 0 Å². The predicted molar refractivity (Wildman–Crippen MR) is 54.5 cm³/mol. The van der Waals surface area contributed by atoms with Gasteiger partial charge in [-0.2, -0.15) is 18.3 Å². The number of nitrogens with two attached hydrogens (primary N) is 1. The maximum atomic E-state index is 12.3. The summed E-state index contributed by atoms with van der Waals surface area (Å²) in [5, 5.41) is 4.10. The van der Waals surface area contributed by atoms with Crippen LogP contribution in [0.5, 0.6) is 5.75 Å². The molecule has 5 nitrogen and oxygen atoms in total. The summed E-state index contributed by atoms with van der Waals surface area (Å²) >= 11 is 0. The molecule has 92 valence electrons. The summed E-state index contributed by atoms with van der Waals surface area (Å²) in [4.78, 5) is 3.81. The Balaban J connectivity index is 2.61. The molecule has 2 aromatic rings. The quantitative estimate of drug-likeness (QED) is 0.873. The highest BCUT2D eigenvalue weighted by Crippen LogP contribution is 2.31. The van der Waals surface area contributed by atoms with Crippen LogP contribution in [0.4, 0.5) is 19.0 Å². The summed E-state index contributed by atoms with van der Waals surface area (Å²) in [6.45, 7) is -1.20. The molecule has 17 heavy (non-hydrogen) atoms. The van der Waals surface area contributed by atoms with E-state index in [4.69, 9.17) is 10.5 Å². The highest BCUT2D eigenvalue weighted by Gasteiger charge is 2.30. The Morgan fingerprint density at radius 1 is 1.41 bits per heavy atom. The zero-order valence-corrected chi connectivity index (χ0v) is 8.82. The van der Waals surface area contributed by atoms with Crippen LogP contribution >= 0.6 is 0 Å². The van der Waals surface area contributed by atoms with Crippen molar-refractivity contribution in [2.75, 3.05) is 12.8 Å². The molecule has 2 N–H and O–H groups in total. The van der Waals surface area contributed by atoms with Crippen molar-refractivity contribution in [3.8, 4) is 5.75 Å². The Labute approximate surface area is 94.0 Å². The van der Waals surface area contributed by atoms with Crippen LogP contribution in [0.3, 0.4) is 0 Å². The van der Waals surface area contributed by atoms with Gasteiger partial charge in [0.05, 0.1) is 13.3 Å². The molecule has 0 aromatic carbocycles. The highest BCUT2D eigenvalue weighted by atomic mass is 19.4. The summed E-state index contributed by atoms with van der Waals surface area (Å²) in [7, 11) is 1.32. The van der Waals surface area contributed by atoms with Gasteiger partial charge in [0.25, 0.3) is 0 Å². The number of nitrogens with zero attached hydrogens (tertiary/aromatic N) is 3. The van der Waals surface area contributed by atoms with Gasteiger partial charge in [-0.15, -0.1) is 0 Å². The van der Waals surface area contributed by atoms with Crippen LogP contribution < -0.4 is 10.5 Å². The third-order valence-electron chi connectivity index (χ3n) is 2.19. The van der Waals surface area contributed by atoms with Crippen molar-refractivity contribution in [3.63, 3.8) is 0 Å². The number of methoxy groups -OCH3 is 1. The van der Waals surface area contributed by atoms with Crippen molar-refractivity contribution < 1.29 is 17.9 Å². The van der Waals surface area contributed by atoms with Crippen LogP contribution in [-0.4, -0.2) is 28.1 Å². The fourth-order valence-corrected chi connectivity index (χ4v) is 1.55. The molecule has 2 rings (SSSR count). The van der Waals surface area contributed by atoms with Gasteiger partial charge in [0.2, 0.25) is 0 Å². The molecule has 0 aliphatic rings. The van der Waals surface area contributed by atoms with E-state index in [1.165, 1.54) is 19.5 Å². The van der Waals surface area contributed by atoms with Crippen molar-refractivity contribution in [1.82, 2.24) is 14.8 Å². The van der Waals surface area contributed by atoms with Gasteiger partial charge in [0.1, 0.15) is 12.1 Å². The number of ether oxygens (including phenoxy) is 1. The summed E-state index contributed by atoms with van der Waals surface area (Å²) in [5.74, 6) is 0.133. The second kappa shape index (κ2) is 3.79. The van der Waals surface area contributed by atoms with Crippen LogP contribution in [0.2, 0.25) is 0 Å². The lowest BCUT2D eigenvalue weighted by molar-refractivity contribution is -0.141. The first-order valence-corrected chi connectivity index (χ1v) is 4.63. The van der Waals surface area contributed by atoms with Gasteiger partial charge >= 0.3 is 6.18 Å². The molecule has 2 aromatic heterocycles. The molecular formula is C9H9F3N4O. The van der Waals surface area contributed by atoms with E-state index in [-0.39, 0.29) is 17.1 Å². The summed E-state index contributed by atoms with van der Waals surface area (Å²) < 4.78 is 42.8. The summed E-state index contributed by atoms with van der Waals surface area (Å²) in [5.41, 5.74) is 5.72. The first-order valence-electron chi connectivity index (χ1n) is 4.63. The minimum atomic E-state index is -4.36. The van der Waals surface area contributed by atoms with E-state index in [9.17, 15) is 13.2 Å². The normalized spacial score (nSPS) is 12.0. The van der Waals surface area contributed by atoms with E-state index in [1.54, 1.807) is 0 Å². The number of hydrogen-bond acceptors (Lipinski definition) is 4. The molecule has 0 saturated carbocycles. The molecule has 0 unspecified atom stereocenters. The minimum absolute atomic E-state index is 0.0314. The monoisotopic (exact) mass is 246 g/mol. The number of pyridine rings is 1. The molecule has 0 radical (unpaired) electrons. The topological polar surface area (TPSA) is 66.0 Å². The Bertz CT molecular complexity index is 549. The predicted octanol–water partition coefficient (Wildman–Crippen LogP) is 1.58.